The quantitative estimate of drug-likeness (QED) is 0.590. The average Bonchev–Trinajstić information content (AvgIpc) is 2.22. The van der Waals surface area contributed by atoms with Gasteiger partial charge in [0.2, 0.25) is 0 Å². The largest absolute Gasteiger partial charge is 0.469 e. The number of hydrogen-bond donors (Lipinski definition) is 0. The van der Waals surface area contributed by atoms with Gasteiger partial charge in [0.25, 0.3) is 0 Å². The maximum atomic E-state index is 10.9. The number of hydrogen-bond acceptors (Lipinski definition) is 5. The summed E-state index contributed by atoms with van der Waals surface area (Å²) in [6, 6.07) is 0. The molecule has 0 aliphatic rings. The van der Waals surface area contributed by atoms with Crippen molar-refractivity contribution in [3.63, 3.8) is 0 Å². The van der Waals surface area contributed by atoms with Crippen LogP contribution in [0.2, 0.25) is 0 Å². The van der Waals surface area contributed by atoms with Gasteiger partial charge >= 0.3 is 11.9 Å². The van der Waals surface area contributed by atoms with E-state index in [0.717, 1.165) is 0 Å². The van der Waals surface area contributed by atoms with Gasteiger partial charge in [0.05, 0.1) is 26.7 Å². The molecule has 0 aliphatic carbocycles. The summed E-state index contributed by atoms with van der Waals surface area (Å²) < 4.78 is 14.0. The summed E-state index contributed by atoms with van der Waals surface area (Å²) in [5.74, 6) is -0.654. The van der Waals surface area contributed by atoms with E-state index in [0.29, 0.717) is 6.42 Å². The Hall–Kier alpha value is -1.10. The monoisotopic (exact) mass is 204 g/mol. The molecule has 0 aromatic heterocycles. The Morgan fingerprint density at radius 3 is 2.07 bits per heavy atom. The lowest BCUT2D eigenvalue weighted by molar-refractivity contribution is -0.145. The van der Waals surface area contributed by atoms with E-state index >= 15 is 0 Å². The molecule has 0 aromatic rings. The van der Waals surface area contributed by atoms with E-state index in [1.165, 1.54) is 21.3 Å². The van der Waals surface area contributed by atoms with Crippen LogP contribution in [0.25, 0.3) is 0 Å². The van der Waals surface area contributed by atoms with Crippen LogP contribution in [0.1, 0.15) is 19.3 Å². The molecule has 1 atom stereocenters. The molecule has 82 valence electrons. The van der Waals surface area contributed by atoms with Crippen molar-refractivity contribution in [2.24, 2.45) is 0 Å². The second-order valence-corrected chi connectivity index (χ2v) is 2.75. The fourth-order valence-electron chi connectivity index (χ4n) is 0.953. The highest BCUT2D eigenvalue weighted by molar-refractivity contribution is 5.71. The van der Waals surface area contributed by atoms with Crippen LogP contribution >= 0.6 is 0 Å². The Morgan fingerprint density at radius 1 is 1.07 bits per heavy atom. The number of ether oxygens (including phenoxy) is 3. The summed E-state index contributed by atoms with van der Waals surface area (Å²) in [5.41, 5.74) is 0. The zero-order chi connectivity index (χ0) is 11.0. The lowest BCUT2D eigenvalue weighted by Gasteiger charge is -2.12. The molecule has 0 spiro atoms. The van der Waals surface area contributed by atoms with Crippen LogP contribution < -0.4 is 0 Å². The Labute approximate surface area is 83.3 Å². The van der Waals surface area contributed by atoms with Crippen LogP contribution in [-0.4, -0.2) is 39.4 Å². The van der Waals surface area contributed by atoms with E-state index in [2.05, 4.69) is 9.47 Å². The van der Waals surface area contributed by atoms with E-state index in [-0.39, 0.29) is 30.9 Å². The summed E-state index contributed by atoms with van der Waals surface area (Å²) in [6.07, 6.45) is 0.565. The molecule has 0 N–H and O–H groups in total. The smallest absolute Gasteiger partial charge is 0.308 e. The number of rotatable bonds is 6. The number of carbonyl (C=O) groups is 2. The molecule has 0 saturated heterocycles. The standard InChI is InChI=1S/C9H16O5/c1-12-7(6-9(11)14-3)4-5-8(10)13-2/h7H,4-6H2,1-3H3. The fraction of sp³-hybridized carbons (Fsp3) is 0.778. The molecule has 0 aromatic carbocycles. The molecule has 0 heterocycles. The van der Waals surface area contributed by atoms with Crippen molar-refractivity contribution >= 4 is 11.9 Å². The number of methoxy groups -OCH3 is 3. The molecule has 0 saturated carbocycles. The SMILES string of the molecule is COC(=O)CCC(CC(=O)OC)OC. The molecule has 0 amide bonds. The number of carbonyl (C=O) groups excluding carboxylic acids is 2. The lowest BCUT2D eigenvalue weighted by atomic mass is 10.1. The second-order valence-electron chi connectivity index (χ2n) is 2.75. The van der Waals surface area contributed by atoms with Crippen LogP contribution in [-0.2, 0) is 23.8 Å². The maximum absolute atomic E-state index is 10.9. The summed E-state index contributed by atoms with van der Waals surface area (Å²) in [5, 5.41) is 0. The zero-order valence-electron chi connectivity index (χ0n) is 8.74. The Balaban J connectivity index is 3.79. The molecular formula is C9H16O5. The van der Waals surface area contributed by atoms with E-state index in [4.69, 9.17) is 4.74 Å². The Kier molecular flexibility index (Phi) is 6.74. The van der Waals surface area contributed by atoms with Gasteiger partial charge in [-0.25, -0.2) is 0 Å². The van der Waals surface area contributed by atoms with Gasteiger partial charge in [0, 0.05) is 13.5 Å². The summed E-state index contributed by atoms with van der Waals surface area (Å²) >= 11 is 0. The highest BCUT2D eigenvalue weighted by Gasteiger charge is 2.15. The van der Waals surface area contributed by atoms with E-state index in [1.54, 1.807) is 0 Å². The first kappa shape index (κ1) is 12.9. The van der Waals surface area contributed by atoms with E-state index in [1.807, 2.05) is 0 Å². The van der Waals surface area contributed by atoms with Gasteiger partial charge in [-0.05, 0) is 6.42 Å². The molecule has 0 bridgehead atoms. The molecule has 14 heavy (non-hydrogen) atoms. The van der Waals surface area contributed by atoms with Crippen molar-refractivity contribution in [3.05, 3.63) is 0 Å². The van der Waals surface area contributed by atoms with Crippen LogP contribution in [0.15, 0.2) is 0 Å². The molecule has 1 unspecified atom stereocenters. The molecule has 0 fully saturated rings. The third-order valence-electron chi connectivity index (χ3n) is 1.85. The van der Waals surface area contributed by atoms with Gasteiger partial charge in [-0.2, -0.15) is 0 Å². The predicted molar refractivity (Wildman–Crippen MR) is 48.7 cm³/mol. The summed E-state index contributed by atoms with van der Waals surface area (Å²) in [7, 11) is 4.13. The summed E-state index contributed by atoms with van der Waals surface area (Å²) in [4.78, 5) is 21.7. The van der Waals surface area contributed by atoms with Gasteiger partial charge in [-0.3, -0.25) is 9.59 Å². The highest BCUT2D eigenvalue weighted by Crippen LogP contribution is 2.07. The molecule has 0 radical (unpaired) electrons. The molecule has 0 rings (SSSR count). The van der Waals surface area contributed by atoms with Crippen molar-refractivity contribution in [2.45, 2.75) is 25.4 Å². The maximum Gasteiger partial charge on any atom is 0.308 e. The van der Waals surface area contributed by atoms with E-state index in [9.17, 15) is 9.59 Å². The van der Waals surface area contributed by atoms with Gasteiger partial charge < -0.3 is 14.2 Å². The lowest BCUT2D eigenvalue weighted by Crippen LogP contribution is -2.18. The molecule has 0 aliphatic heterocycles. The third kappa shape index (κ3) is 5.53. The average molecular weight is 204 g/mol. The molecular weight excluding hydrogens is 188 g/mol. The molecule has 5 nitrogen and oxygen atoms in total. The van der Waals surface area contributed by atoms with Gasteiger partial charge in [-0.15, -0.1) is 0 Å². The van der Waals surface area contributed by atoms with Gasteiger partial charge in [-0.1, -0.05) is 0 Å². The topological polar surface area (TPSA) is 61.8 Å². The van der Waals surface area contributed by atoms with Crippen LogP contribution in [0.5, 0.6) is 0 Å². The highest BCUT2D eigenvalue weighted by atomic mass is 16.5. The minimum absolute atomic E-state index is 0.157. The van der Waals surface area contributed by atoms with Gasteiger partial charge in [0.1, 0.15) is 0 Å². The fourth-order valence-corrected chi connectivity index (χ4v) is 0.953. The Bertz CT molecular complexity index is 190. The van der Waals surface area contributed by atoms with Crippen molar-refractivity contribution in [2.75, 3.05) is 21.3 Å². The second kappa shape index (κ2) is 7.32. The van der Waals surface area contributed by atoms with Crippen molar-refractivity contribution in [1.82, 2.24) is 0 Å². The third-order valence-corrected chi connectivity index (χ3v) is 1.85. The van der Waals surface area contributed by atoms with Gasteiger partial charge in [0.15, 0.2) is 0 Å². The minimum atomic E-state index is -0.346. The first-order valence-electron chi connectivity index (χ1n) is 4.30. The summed E-state index contributed by atoms with van der Waals surface area (Å²) in [6.45, 7) is 0. The normalized spacial score (nSPS) is 11.9. The predicted octanol–water partition coefficient (Wildman–Crippen LogP) is 0.518. The van der Waals surface area contributed by atoms with Crippen molar-refractivity contribution in [3.8, 4) is 0 Å². The minimum Gasteiger partial charge on any atom is -0.469 e. The first-order valence-corrected chi connectivity index (χ1v) is 4.30. The van der Waals surface area contributed by atoms with Crippen molar-refractivity contribution in [1.29, 1.82) is 0 Å². The molecule has 5 heteroatoms. The van der Waals surface area contributed by atoms with E-state index < -0.39 is 0 Å². The first-order chi connectivity index (χ1) is 6.63. The van der Waals surface area contributed by atoms with Crippen LogP contribution in [0, 0.1) is 0 Å². The van der Waals surface area contributed by atoms with Crippen LogP contribution in [0.3, 0.4) is 0 Å². The van der Waals surface area contributed by atoms with Crippen molar-refractivity contribution < 1.29 is 23.8 Å². The van der Waals surface area contributed by atoms with Crippen LogP contribution in [0.4, 0.5) is 0 Å². The number of esters is 2. The Morgan fingerprint density at radius 2 is 1.64 bits per heavy atom. The zero-order valence-corrected chi connectivity index (χ0v) is 8.74.